The first-order chi connectivity index (χ1) is 9.25. The summed E-state index contributed by atoms with van der Waals surface area (Å²) >= 11 is 0. The normalized spacial score (nSPS) is 13.5. The molecule has 0 spiro atoms. The SMILES string of the molecule is Cn1nccc1C(=O)Nc1cccc2c1CCCN2. The fraction of sp³-hybridized carbons (Fsp3) is 0.286. The highest BCUT2D eigenvalue weighted by molar-refractivity contribution is 6.03. The number of anilines is 2. The average molecular weight is 256 g/mol. The molecule has 5 nitrogen and oxygen atoms in total. The van der Waals surface area contributed by atoms with Gasteiger partial charge in [-0.2, -0.15) is 5.10 Å². The molecular formula is C14H16N4O. The standard InChI is InChI=1S/C14H16N4O/c1-18-13(7-9-16-18)14(19)17-12-6-2-5-11-10(12)4-3-8-15-11/h2,5-7,9,15H,3-4,8H2,1H3,(H,17,19). The van der Waals surface area contributed by atoms with Crippen LogP contribution in [-0.4, -0.2) is 22.2 Å². The number of carbonyl (C=O) groups excluding carboxylic acids is 1. The summed E-state index contributed by atoms with van der Waals surface area (Å²) in [4.78, 5) is 12.2. The third-order valence-corrected chi connectivity index (χ3v) is 3.40. The molecule has 1 aliphatic heterocycles. The van der Waals surface area contributed by atoms with Gasteiger partial charge in [0.2, 0.25) is 0 Å². The van der Waals surface area contributed by atoms with Gasteiger partial charge in [-0.25, -0.2) is 0 Å². The molecule has 2 aromatic rings. The van der Waals surface area contributed by atoms with Crippen LogP contribution < -0.4 is 10.6 Å². The van der Waals surface area contributed by atoms with Gasteiger partial charge in [0.15, 0.2) is 0 Å². The fourth-order valence-electron chi connectivity index (χ4n) is 2.41. The van der Waals surface area contributed by atoms with E-state index in [4.69, 9.17) is 0 Å². The molecule has 0 atom stereocenters. The zero-order chi connectivity index (χ0) is 13.2. The number of amides is 1. The zero-order valence-corrected chi connectivity index (χ0v) is 10.8. The first kappa shape index (κ1) is 11.8. The van der Waals surface area contributed by atoms with Crippen LogP contribution in [0.2, 0.25) is 0 Å². The van der Waals surface area contributed by atoms with Crippen LogP contribution in [0.15, 0.2) is 30.5 Å². The quantitative estimate of drug-likeness (QED) is 0.864. The van der Waals surface area contributed by atoms with Gasteiger partial charge in [-0.15, -0.1) is 0 Å². The number of fused-ring (bicyclic) bond motifs is 1. The maximum absolute atomic E-state index is 12.2. The number of nitrogens with zero attached hydrogens (tertiary/aromatic N) is 2. The van der Waals surface area contributed by atoms with E-state index in [0.29, 0.717) is 5.69 Å². The Bertz CT molecular complexity index is 618. The van der Waals surface area contributed by atoms with Gasteiger partial charge in [-0.3, -0.25) is 9.48 Å². The van der Waals surface area contributed by atoms with Gasteiger partial charge in [0, 0.05) is 31.2 Å². The summed E-state index contributed by atoms with van der Waals surface area (Å²) in [5, 5.41) is 10.3. The molecule has 0 unspecified atom stereocenters. The maximum Gasteiger partial charge on any atom is 0.273 e. The summed E-state index contributed by atoms with van der Waals surface area (Å²) in [6.07, 6.45) is 3.70. The van der Waals surface area contributed by atoms with Gasteiger partial charge in [0.1, 0.15) is 5.69 Å². The van der Waals surface area contributed by atoms with Crippen molar-refractivity contribution in [2.45, 2.75) is 12.8 Å². The van der Waals surface area contributed by atoms with Crippen LogP contribution in [0.1, 0.15) is 22.5 Å². The highest BCUT2D eigenvalue weighted by Gasteiger charge is 2.16. The summed E-state index contributed by atoms with van der Waals surface area (Å²) in [5.41, 5.74) is 3.75. The maximum atomic E-state index is 12.2. The lowest BCUT2D eigenvalue weighted by Gasteiger charge is -2.21. The van der Waals surface area contributed by atoms with Crippen molar-refractivity contribution >= 4 is 17.3 Å². The predicted molar refractivity (Wildman–Crippen MR) is 74.4 cm³/mol. The Hall–Kier alpha value is -2.30. The molecule has 0 aliphatic carbocycles. The van der Waals surface area contributed by atoms with E-state index in [0.717, 1.165) is 30.8 Å². The van der Waals surface area contributed by atoms with Crippen LogP contribution in [0.5, 0.6) is 0 Å². The second kappa shape index (κ2) is 4.76. The molecule has 98 valence electrons. The highest BCUT2D eigenvalue weighted by atomic mass is 16.2. The van der Waals surface area contributed by atoms with Gasteiger partial charge >= 0.3 is 0 Å². The molecule has 19 heavy (non-hydrogen) atoms. The number of aryl methyl sites for hydroxylation is 1. The molecule has 0 saturated heterocycles. The minimum absolute atomic E-state index is 0.126. The smallest absolute Gasteiger partial charge is 0.273 e. The number of rotatable bonds is 2. The van der Waals surface area contributed by atoms with Crippen LogP contribution in [-0.2, 0) is 13.5 Å². The van der Waals surface area contributed by atoms with Crippen molar-refractivity contribution in [2.24, 2.45) is 7.05 Å². The predicted octanol–water partition coefficient (Wildman–Crippen LogP) is 2.03. The Morgan fingerprint density at radius 3 is 3.11 bits per heavy atom. The average Bonchev–Trinajstić information content (AvgIpc) is 2.85. The molecule has 2 heterocycles. The fourth-order valence-corrected chi connectivity index (χ4v) is 2.41. The zero-order valence-electron chi connectivity index (χ0n) is 10.8. The van der Waals surface area contributed by atoms with Crippen molar-refractivity contribution in [2.75, 3.05) is 17.2 Å². The van der Waals surface area contributed by atoms with E-state index in [1.165, 1.54) is 5.56 Å². The van der Waals surface area contributed by atoms with Crippen molar-refractivity contribution in [3.8, 4) is 0 Å². The van der Waals surface area contributed by atoms with Crippen molar-refractivity contribution < 1.29 is 4.79 Å². The molecule has 0 saturated carbocycles. The minimum atomic E-state index is -0.126. The lowest BCUT2D eigenvalue weighted by Crippen LogP contribution is -2.19. The molecule has 1 aromatic carbocycles. The summed E-state index contributed by atoms with van der Waals surface area (Å²) in [5.74, 6) is -0.126. The molecule has 0 radical (unpaired) electrons. The molecular weight excluding hydrogens is 240 g/mol. The van der Waals surface area contributed by atoms with Gasteiger partial charge in [-0.1, -0.05) is 6.07 Å². The number of hydrogen-bond donors (Lipinski definition) is 2. The van der Waals surface area contributed by atoms with Crippen LogP contribution in [0, 0.1) is 0 Å². The minimum Gasteiger partial charge on any atom is -0.385 e. The van der Waals surface area contributed by atoms with Crippen molar-refractivity contribution in [3.63, 3.8) is 0 Å². The van der Waals surface area contributed by atoms with Gasteiger partial charge in [0.05, 0.1) is 0 Å². The summed E-state index contributed by atoms with van der Waals surface area (Å²) in [6.45, 7) is 0.992. The second-order valence-corrected chi connectivity index (χ2v) is 4.66. The molecule has 3 rings (SSSR count). The largest absolute Gasteiger partial charge is 0.385 e. The van der Waals surface area contributed by atoms with E-state index in [2.05, 4.69) is 15.7 Å². The second-order valence-electron chi connectivity index (χ2n) is 4.66. The molecule has 0 bridgehead atoms. The molecule has 0 fully saturated rings. The monoisotopic (exact) mass is 256 g/mol. The van der Waals surface area contributed by atoms with E-state index < -0.39 is 0 Å². The van der Waals surface area contributed by atoms with E-state index in [-0.39, 0.29) is 5.91 Å². The van der Waals surface area contributed by atoms with Gasteiger partial charge < -0.3 is 10.6 Å². The lowest BCUT2D eigenvalue weighted by molar-refractivity contribution is 0.101. The third kappa shape index (κ3) is 2.19. The Labute approximate surface area is 111 Å². The Morgan fingerprint density at radius 1 is 1.42 bits per heavy atom. The summed E-state index contributed by atoms with van der Waals surface area (Å²) in [7, 11) is 1.76. The molecule has 2 N–H and O–H groups in total. The van der Waals surface area contributed by atoms with E-state index in [1.807, 2.05) is 18.2 Å². The molecule has 1 aliphatic rings. The number of hydrogen-bond acceptors (Lipinski definition) is 3. The molecule has 1 aromatic heterocycles. The van der Waals surface area contributed by atoms with Crippen LogP contribution in [0.3, 0.4) is 0 Å². The number of aromatic nitrogens is 2. The van der Waals surface area contributed by atoms with E-state index in [9.17, 15) is 4.79 Å². The number of nitrogens with one attached hydrogen (secondary N) is 2. The van der Waals surface area contributed by atoms with Crippen LogP contribution in [0.25, 0.3) is 0 Å². The number of carbonyl (C=O) groups is 1. The lowest BCUT2D eigenvalue weighted by atomic mass is 10.0. The highest BCUT2D eigenvalue weighted by Crippen LogP contribution is 2.29. The van der Waals surface area contributed by atoms with Crippen LogP contribution in [0.4, 0.5) is 11.4 Å². The van der Waals surface area contributed by atoms with E-state index in [1.54, 1.807) is 24.0 Å². The Kier molecular flexibility index (Phi) is 2.95. The Balaban J connectivity index is 1.88. The summed E-state index contributed by atoms with van der Waals surface area (Å²) in [6, 6.07) is 7.66. The van der Waals surface area contributed by atoms with Crippen LogP contribution >= 0.6 is 0 Å². The van der Waals surface area contributed by atoms with Crippen molar-refractivity contribution in [3.05, 3.63) is 41.7 Å². The summed E-state index contributed by atoms with van der Waals surface area (Å²) < 4.78 is 1.57. The first-order valence-electron chi connectivity index (χ1n) is 6.41. The van der Waals surface area contributed by atoms with Gasteiger partial charge in [-0.05, 0) is 36.6 Å². The third-order valence-electron chi connectivity index (χ3n) is 3.40. The van der Waals surface area contributed by atoms with Crippen molar-refractivity contribution in [1.29, 1.82) is 0 Å². The Morgan fingerprint density at radius 2 is 2.32 bits per heavy atom. The van der Waals surface area contributed by atoms with Crippen molar-refractivity contribution in [1.82, 2.24) is 9.78 Å². The molecule has 5 heteroatoms. The van der Waals surface area contributed by atoms with E-state index >= 15 is 0 Å². The first-order valence-corrected chi connectivity index (χ1v) is 6.41. The topological polar surface area (TPSA) is 59.0 Å². The van der Waals surface area contributed by atoms with Gasteiger partial charge in [0.25, 0.3) is 5.91 Å². The number of benzene rings is 1. The molecule has 1 amide bonds.